The molecule has 1 heterocycles. The Bertz CT molecular complexity index is 963. The van der Waals surface area contributed by atoms with Crippen molar-refractivity contribution in [2.75, 3.05) is 32.6 Å². The number of carbonyl (C=O) groups is 1. The molecule has 1 atom stereocenters. The minimum Gasteiger partial charge on any atom is -0.493 e. The number of methoxy groups -OCH3 is 2. The van der Waals surface area contributed by atoms with Gasteiger partial charge in [0.2, 0.25) is 0 Å². The zero-order valence-corrected chi connectivity index (χ0v) is 17.1. The van der Waals surface area contributed by atoms with Crippen molar-refractivity contribution in [3.8, 4) is 11.5 Å². The van der Waals surface area contributed by atoms with E-state index < -0.39 is 15.1 Å². The highest BCUT2D eigenvalue weighted by atomic mass is 35.5. The van der Waals surface area contributed by atoms with E-state index >= 15 is 0 Å². The van der Waals surface area contributed by atoms with Gasteiger partial charge in [-0.15, -0.1) is 0 Å². The van der Waals surface area contributed by atoms with Crippen molar-refractivity contribution in [1.82, 2.24) is 4.90 Å². The number of para-hydroxylation sites is 1. The third-order valence-corrected chi connectivity index (χ3v) is 7.10. The van der Waals surface area contributed by atoms with E-state index in [0.717, 1.165) is 0 Å². The predicted molar refractivity (Wildman–Crippen MR) is 107 cm³/mol. The third kappa shape index (κ3) is 4.02. The number of amides is 2. The van der Waals surface area contributed by atoms with Gasteiger partial charge in [0, 0.05) is 18.1 Å². The standard InChI is InChI=1S/C19H21ClN2O5S/c1-26-17-5-3-4-16(18(17)27-2)21-19(23)22-11-10-15(12-22)28(24,25)14-8-6-13(20)7-9-14/h3-9,15H,10-12H2,1-2H3,(H,21,23). The number of hydrogen-bond donors (Lipinski definition) is 1. The Morgan fingerprint density at radius 2 is 1.86 bits per heavy atom. The predicted octanol–water partition coefficient (Wildman–Crippen LogP) is 3.44. The molecular formula is C19H21ClN2O5S. The lowest BCUT2D eigenvalue weighted by atomic mass is 10.2. The third-order valence-electron chi connectivity index (χ3n) is 4.66. The molecule has 9 heteroatoms. The number of sulfone groups is 1. The van der Waals surface area contributed by atoms with Gasteiger partial charge in [-0.3, -0.25) is 0 Å². The number of urea groups is 1. The molecule has 2 aromatic rings. The van der Waals surface area contributed by atoms with Crippen LogP contribution in [0.3, 0.4) is 0 Å². The maximum absolute atomic E-state index is 12.8. The van der Waals surface area contributed by atoms with E-state index in [1.54, 1.807) is 30.3 Å². The average molecular weight is 425 g/mol. The maximum atomic E-state index is 12.8. The van der Waals surface area contributed by atoms with Crippen LogP contribution < -0.4 is 14.8 Å². The number of hydrogen-bond acceptors (Lipinski definition) is 5. The van der Waals surface area contributed by atoms with Gasteiger partial charge in [-0.2, -0.15) is 0 Å². The molecule has 28 heavy (non-hydrogen) atoms. The van der Waals surface area contributed by atoms with Gasteiger partial charge in [-0.1, -0.05) is 17.7 Å². The Morgan fingerprint density at radius 1 is 1.14 bits per heavy atom. The normalized spacial score (nSPS) is 16.7. The second-order valence-corrected chi connectivity index (χ2v) is 8.99. The molecule has 2 aromatic carbocycles. The fourth-order valence-electron chi connectivity index (χ4n) is 3.16. The SMILES string of the molecule is COc1cccc(NC(=O)N2CCC(S(=O)(=O)c3ccc(Cl)cc3)C2)c1OC. The van der Waals surface area contributed by atoms with E-state index in [9.17, 15) is 13.2 Å². The molecule has 0 aromatic heterocycles. The first kappa shape index (κ1) is 20.3. The lowest BCUT2D eigenvalue weighted by Gasteiger charge is -2.19. The first-order chi connectivity index (χ1) is 13.4. The van der Waals surface area contributed by atoms with E-state index in [2.05, 4.69) is 5.32 Å². The monoisotopic (exact) mass is 424 g/mol. The summed E-state index contributed by atoms with van der Waals surface area (Å²) >= 11 is 5.83. The number of carbonyl (C=O) groups excluding carboxylic acids is 1. The van der Waals surface area contributed by atoms with Crippen LogP contribution in [-0.2, 0) is 9.84 Å². The van der Waals surface area contributed by atoms with E-state index in [-0.39, 0.29) is 17.5 Å². The first-order valence-electron chi connectivity index (χ1n) is 8.63. The van der Waals surface area contributed by atoms with E-state index in [0.29, 0.717) is 35.2 Å². The lowest BCUT2D eigenvalue weighted by Crippen LogP contribution is -2.35. The van der Waals surface area contributed by atoms with Gasteiger partial charge < -0.3 is 19.7 Å². The van der Waals surface area contributed by atoms with Crippen molar-refractivity contribution in [2.24, 2.45) is 0 Å². The molecule has 0 saturated carbocycles. The topological polar surface area (TPSA) is 84.9 Å². The maximum Gasteiger partial charge on any atom is 0.321 e. The van der Waals surface area contributed by atoms with E-state index in [4.69, 9.17) is 21.1 Å². The molecule has 1 N–H and O–H groups in total. The molecule has 0 spiro atoms. The highest BCUT2D eigenvalue weighted by molar-refractivity contribution is 7.92. The molecule has 0 aliphatic carbocycles. The van der Waals surface area contributed by atoms with Crippen LogP contribution in [-0.4, -0.2) is 51.9 Å². The summed E-state index contributed by atoms with van der Waals surface area (Å²) in [6.07, 6.45) is 0.369. The molecule has 0 radical (unpaired) electrons. The van der Waals surface area contributed by atoms with Crippen LogP contribution in [0, 0.1) is 0 Å². The Hall–Kier alpha value is -2.45. The summed E-state index contributed by atoms with van der Waals surface area (Å²) in [7, 11) is -0.549. The smallest absolute Gasteiger partial charge is 0.321 e. The molecule has 3 rings (SSSR count). The summed E-state index contributed by atoms with van der Waals surface area (Å²) in [6, 6.07) is 10.8. The second-order valence-electron chi connectivity index (χ2n) is 6.33. The number of likely N-dealkylation sites (tertiary alicyclic amines) is 1. The molecule has 0 bridgehead atoms. The highest BCUT2D eigenvalue weighted by Crippen LogP contribution is 2.35. The van der Waals surface area contributed by atoms with Crippen LogP contribution in [0.25, 0.3) is 0 Å². The van der Waals surface area contributed by atoms with Gasteiger partial charge in [-0.05, 0) is 42.8 Å². The van der Waals surface area contributed by atoms with Gasteiger partial charge >= 0.3 is 6.03 Å². The summed E-state index contributed by atoms with van der Waals surface area (Å²) in [6.45, 7) is 0.457. The van der Waals surface area contributed by atoms with Gasteiger partial charge in [-0.25, -0.2) is 13.2 Å². The second kappa shape index (κ2) is 8.28. The zero-order valence-electron chi connectivity index (χ0n) is 15.5. The van der Waals surface area contributed by atoms with Crippen LogP contribution in [0.4, 0.5) is 10.5 Å². The largest absolute Gasteiger partial charge is 0.493 e. The first-order valence-corrected chi connectivity index (χ1v) is 10.6. The van der Waals surface area contributed by atoms with Gasteiger partial charge in [0.1, 0.15) is 0 Å². The number of nitrogens with one attached hydrogen (secondary N) is 1. The summed E-state index contributed by atoms with van der Waals surface area (Å²) in [5.74, 6) is 0.896. The minimum atomic E-state index is -3.54. The molecule has 1 saturated heterocycles. The number of anilines is 1. The lowest BCUT2D eigenvalue weighted by molar-refractivity contribution is 0.222. The molecule has 1 aliphatic heterocycles. The summed E-state index contributed by atoms with van der Waals surface area (Å²) in [5.41, 5.74) is 0.454. The van der Waals surface area contributed by atoms with E-state index in [1.807, 2.05) is 0 Å². The zero-order chi connectivity index (χ0) is 20.3. The number of halogens is 1. The Labute approximate surface area is 169 Å². The van der Waals surface area contributed by atoms with Gasteiger partial charge in [0.25, 0.3) is 0 Å². The van der Waals surface area contributed by atoms with E-state index in [1.165, 1.54) is 31.3 Å². The molecule has 150 valence electrons. The fraction of sp³-hybridized carbons (Fsp3) is 0.316. The van der Waals surface area contributed by atoms with Crippen LogP contribution in [0.5, 0.6) is 11.5 Å². The molecule has 7 nitrogen and oxygen atoms in total. The minimum absolute atomic E-state index is 0.114. The van der Waals surface area contributed by atoms with Crippen molar-refractivity contribution in [1.29, 1.82) is 0 Å². The van der Waals surface area contributed by atoms with Gasteiger partial charge in [0.15, 0.2) is 21.3 Å². The number of ether oxygens (including phenoxy) is 2. The van der Waals surface area contributed by atoms with Crippen molar-refractivity contribution < 1.29 is 22.7 Å². The van der Waals surface area contributed by atoms with Crippen LogP contribution >= 0.6 is 11.6 Å². The Kier molecular flexibility index (Phi) is 6.00. The number of rotatable bonds is 5. The van der Waals surface area contributed by atoms with Crippen molar-refractivity contribution in [2.45, 2.75) is 16.6 Å². The molecule has 1 unspecified atom stereocenters. The highest BCUT2D eigenvalue weighted by Gasteiger charge is 2.36. The molecule has 1 fully saturated rings. The van der Waals surface area contributed by atoms with Crippen molar-refractivity contribution in [3.63, 3.8) is 0 Å². The average Bonchev–Trinajstić information content (AvgIpc) is 3.19. The molecular weight excluding hydrogens is 404 g/mol. The van der Waals surface area contributed by atoms with Crippen molar-refractivity contribution in [3.05, 3.63) is 47.5 Å². The summed E-state index contributed by atoms with van der Waals surface area (Å²) < 4.78 is 36.2. The van der Waals surface area contributed by atoms with Crippen LogP contribution in [0.15, 0.2) is 47.4 Å². The van der Waals surface area contributed by atoms with Crippen LogP contribution in [0.2, 0.25) is 5.02 Å². The summed E-state index contributed by atoms with van der Waals surface area (Å²) in [4.78, 5) is 14.3. The fourth-order valence-corrected chi connectivity index (χ4v) is 4.98. The van der Waals surface area contributed by atoms with Crippen molar-refractivity contribution >= 4 is 33.2 Å². The number of nitrogens with zero attached hydrogens (tertiary/aromatic N) is 1. The number of benzene rings is 2. The Balaban J connectivity index is 1.72. The summed E-state index contributed by atoms with van der Waals surface area (Å²) in [5, 5.41) is 2.58. The van der Waals surface area contributed by atoms with Crippen LogP contribution in [0.1, 0.15) is 6.42 Å². The quantitative estimate of drug-likeness (QED) is 0.794. The molecule has 2 amide bonds. The van der Waals surface area contributed by atoms with Gasteiger partial charge in [0.05, 0.1) is 30.1 Å². The Morgan fingerprint density at radius 3 is 2.50 bits per heavy atom. The molecule has 1 aliphatic rings.